The van der Waals surface area contributed by atoms with Crippen molar-refractivity contribution < 1.29 is 0 Å². The minimum atomic E-state index is 0.477. The highest BCUT2D eigenvalue weighted by molar-refractivity contribution is 9.09. The summed E-state index contributed by atoms with van der Waals surface area (Å²) in [6, 6.07) is 0. The highest BCUT2D eigenvalue weighted by Crippen LogP contribution is 2.44. The van der Waals surface area contributed by atoms with Crippen molar-refractivity contribution in [3.8, 4) is 0 Å². The normalized spacial score (nSPS) is 31.1. The van der Waals surface area contributed by atoms with E-state index >= 15 is 0 Å². The van der Waals surface area contributed by atoms with Gasteiger partial charge < -0.3 is 0 Å². The minimum absolute atomic E-state index is 0.477. The van der Waals surface area contributed by atoms with E-state index in [1.165, 1.54) is 34.8 Å². The van der Waals surface area contributed by atoms with Gasteiger partial charge in [-0.05, 0) is 38.5 Å². The second-order valence-corrected chi connectivity index (χ2v) is 7.66. The largest absolute Gasteiger partial charge is 0.246 e. The zero-order valence-electron chi connectivity index (χ0n) is 9.64. The molecule has 1 fully saturated rings. The fourth-order valence-corrected chi connectivity index (χ4v) is 4.54. The van der Waals surface area contributed by atoms with Crippen LogP contribution in [0.15, 0.2) is 0 Å². The molecule has 0 saturated heterocycles. The summed E-state index contributed by atoms with van der Waals surface area (Å²) in [7, 11) is 0. The quantitative estimate of drug-likeness (QED) is 0.741. The van der Waals surface area contributed by atoms with Gasteiger partial charge in [0.2, 0.25) is 0 Å². The Morgan fingerprint density at radius 3 is 2.73 bits per heavy atom. The van der Waals surface area contributed by atoms with E-state index in [1.807, 2.05) is 11.3 Å². The molecule has 2 unspecified atom stereocenters. The average molecular weight is 288 g/mol. The third kappa shape index (κ3) is 2.62. The van der Waals surface area contributed by atoms with Gasteiger partial charge in [0.1, 0.15) is 0 Å². The van der Waals surface area contributed by atoms with Gasteiger partial charge in [0.25, 0.3) is 0 Å². The monoisotopic (exact) mass is 287 g/mol. The SMILES string of the molecule is Cc1nc(CC2(C)CCC(Br)C2)sc1C. The highest BCUT2D eigenvalue weighted by Gasteiger charge is 2.34. The molecule has 1 nitrogen and oxygen atoms in total. The van der Waals surface area contributed by atoms with E-state index in [9.17, 15) is 0 Å². The van der Waals surface area contributed by atoms with Crippen LogP contribution >= 0.6 is 27.3 Å². The molecule has 84 valence electrons. The summed E-state index contributed by atoms with van der Waals surface area (Å²) >= 11 is 5.60. The molecular formula is C12H18BrNS. The molecular weight excluding hydrogens is 270 g/mol. The standard InChI is InChI=1S/C12H18BrNS/c1-8-9(2)15-11(14-8)7-12(3)5-4-10(13)6-12/h10H,4-7H2,1-3H3. The number of halogens is 1. The van der Waals surface area contributed by atoms with Crippen LogP contribution < -0.4 is 0 Å². The van der Waals surface area contributed by atoms with E-state index in [-0.39, 0.29) is 0 Å². The van der Waals surface area contributed by atoms with Crippen molar-refractivity contribution in [2.75, 3.05) is 0 Å². The van der Waals surface area contributed by atoms with Crippen molar-refractivity contribution in [1.82, 2.24) is 4.98 Å². The first-order chi connectivity index (χ1) is 6.98. The van der Waals surface area contributed by atoms with E-state index in [0.29, 0.717) is 5.41 Å². The van der Waals surface area contributed by atoms with Crippen molar-refractivity contribution in [3.05, 3.63) is 15.6 Å². The van der Waals surface area contributed by atoms with Crippen LogP contribution in [0.4, 0.5) is 0 Å². The van der Waals surface area contributed by atoms with Crippen LogP contribution in [-0.2, 0) is 6.42 Å². The number of nitrogens with zero attached hydrogens (tertiary/aromatic N) is 1. The predicted molar refractivity (Wildman–Crippen MR) is 70.0 cm³/mol. The van der Waals surface area contributed by atoms with Crippen molar-refractivity contribution in [2.24, 2.45) is 5.41 Å². The van der Waals surface area contributed by atoms with Crippen LogP contribution in [-0.4, -0.2) is 9.81 Å². The summed E-state index contributed by atoms with van der Waals surface area (Å²) in [5.41, 5.74) is 1.69. The Bertz CT molecular complexity index is 341. The summed E-state index contributed by atoms with van der Waals surface area (Å²) in [4.78, 5) is 6.75. The molecule has 2 rings (SSSR count). The smallest absolute Gasteiger partial charge is 0.0936 e. The number of aromatic nitrogens is 1. The van der Waals surface area contributed by atoms with Gasteiger partial charge in [0.05, 0.1) is 10.7 Å². The molecule has 2 atom stereocenters. The predicted octanol–water partition coefficient (Wildman–Crippen LogP) is 4.26. The highest BCUT2D eigenvalue weighted by atomic mass is 79.9. The van der Waals surface area contributed by atoms with Gasteiger partial charge in [0.15, 0.2) is 0 Å². The number of hydrogen-bond donors (Lipinski definition) is 0. The molecule has 0 aromatic carbocycles. The van der Waals surface area contributed by atoms with Crippen LogP contribution in [0.1, 0.15) is 41.8 Å². The molecule has 1 aromatic rings. The molecule has 1 saturated carbocycles. The molecule has 0 aliphatic heterocycles. The van der Waals surface area contributed by atoms with Gasteiger partial charge in [-0.15, -0.1) is 11.3 Å². The lowest BCUT2D eigenvalue weighted by Crippen LogP contribution is -2.15. The Balaban J connectivity index is 2.08. The summed E-state index contributed by atoms with van der Waals surface area (Å²) < 4.78 is 0. The first kappa shape index (κ1) is 11.6. The summed E-state index contributed by atoms with van der Waals surface area (Å²) in [6.45, 7) is 6.68. The zero-order chi connectivity index (χ0) is 11.1. The lowest BCUT2D eigenvalue weighted by atomic mass is 9.85. The Kier molecular flexibility index (Phi) is 3.22. The average Bonchev–Trinajstić information content (AvgIpc) is 2.58. The fraction of sp³-hybridized carbons (Fsp3) is 0.750. The van der Waals surface area contributed by atoms with Gasteiger partial charge in [-0.2, -0.15) is 0 Å². The molecule has 0 amide bonds. The van der Waals surface area contributed by atoms with Gasteiger partial charge in [-0.25, -0.2) is 4.98 Å². The maximum Gasteiger partial charge on any atom is 0.0936 e. The number of alkyl halides is 1. The summed E-state index contributed by atoms with van der Waals surface area (Å²) in [5, 5.41) is 1.33. The number of thiazole rings is 1. The Morgan fingerprint density at radius 1 is 1.53 bits per heavy atom. The first-order valence-electron chi connectivity index (χ1n) is 5.55. The second-order valence-electron chi connectivity index (χ2n) is 5.08. The van der Waals surface area contributed by atoms with Crippen molar-refractivity contribution in [3.63, 3.8) is 0 Å². The Morgan fingerprint density at radius 2 is 2.27 bits per heavy atom. The molecule has 1 aliphatic rings. The van der Waals surface area contributed by atoms with Crippen LogP contribution in [0.3, 0.4) is 0 Å². The van der Waals surface area contributed by atoms with E-state index in [2.05, 4.69) is 41.7 Å². The number of rotatable bonds is 2. The first-order valence-corrected chi connectivity index (χ1v) is 7.29. The van der Waals surface area contributed by atoms with Crippen molar-refractivity contribution in [2.45, 2.75) is 51.3 Å². The van der Waals surface area contributed by atoms with Gasteiger partial charge in [0, 0.05) is 16.1 Å². The summed E-state index contributed by atoms with van der Waals surface area (Å²) in [6.07, 6.45) is 5.11. The molecule has 3 heteroatoms. The fourth-order valence-electron chi connectivity index (χ4n) is 2.38. The molecule has 1 aromatic heterocycles. The third-order valence-corrected chi connectivity index (χ3v) is 5.28. The van der Waals surface area contributed by atoms with E-state index < -0.39 is 0 Å². The van der Waals surface area contributed by atoms with Crippen molar-refractivity contribution >= 4 is 27.3 Å². The zero-order valence-corrected chi connectivity index (χ0v) is 12.0. The minimum Gasteiger partial charge on any atom is -0.246 e. The molecule has 0 bridgehead atoms. The van der Waals surface area contributed by atoms with Crippen LogP contribution in [0.2, 0.25) is 0 Å². The molecule has 0 N–H and O–H groups in total. The lowest BCUT2D eigenvalue weighted by molar-refractivity contribution is 0.335. The van der Waals surface area contributed by atoms with Gasteiger partial charge in [-0.3, -0.25) is 0 Å². The lowest BCUT2D eigenvalue weighted by Gasteiger charge is -2.21. The van der Waals surface area contributed by atoms with Crippen LogP contribution in [0, 0.1) is 19.3 Å². The molecule has 0 radical (unpaired) electrons. The van der Waals surface area contributed by atoms with E-state index in [4.69, 9.17) is 0 Å². The molecule has 1 heterocycles. The molecule has 15 heavy (non-hydrogen) atoms. The third-order valence-electron chi connectivity index (χ3n) is 3.43. The molecule has 1 aliphatic carbocycles. The number of aryl methyl sites for hydroxylation is 2. The van der Waals surface area contributed by atoms with Crippen molar-refractivity contribution in [1.29, 1.82) is 0 Å². The maximum absolute atomic E-state index is 4.65. The molecule has 0 spiro atoms. The van der Waals surface area contributed by atoms with E-state index in [1.54, 1.807) is 0 Å². The van der Waals surface area contributed by atoms with E-state index in [0.717, 1.165) is 11.2 Å². The maximum atomic E-state index is 4.65. The van der Waals surface area contributed by atoms with Gasteiger partial charge in [-0.1, -0.05) is 22.9 Å². The second kappa shape index (κ2) is 4.17. The van der Waals surface area contributed by atoms with Crippen LogP contribution in [0.25, 0.3) is 0 Å². The van der Waals surface area contributed by atoms with Crippen LogP contribution in [0.5, 0.6) is 0 Å². The number of hydrogen-bond acceptors (Lipinski definition) is 2. The Labute approximate surface area is 104 Å². The summed E-state index contributed by atoms with van der Waals surface area (Å²) in [5.74, 6) is 0. The van der Waals surface area contributed by atoms with Gasteiger partial charge >= 0.3 is 0 Å². The Hall–Kier alpha value is 0.110. The topological polar surface area (TPSA) is 12.9 Å².